The summed E-state index contributed by atoms with van der Waals surface area (Å²) in [7, 11) is 0. The normalized spacial score (nSPS) is 16.5. The second-order valence-corrected chi connectivity index (χ2v) is 7.81. The monoisotopic (exact) mass is 403 g/mol. The molecule has 2 aromatic carbocycles. The van der Waals surface area contributed by atoms with E-state index in [1.54, 1.807) is 0 Å². The number of morpholine rings is 1. The summed E-state index contributed by atoms with van der Waals surface area (Å²) in [6.07, 6.45) is 2.08. The first-order valence-electron chi connectivity index (χ1n) is 10.5. The van der Waals surface area contributed by atoms with Crippen LogP contribution in [0.15, 0.2) is 65.2 Å². The zero-order chi connectivity index (χ0) is 20.3. The van der Waals surface area contributed by atoms with E-state index in [4.69, 9.17) is 9.26 Å². The summed E-state index contributed by atoms with van der Waals surface area (Å²) in [5, 5.41) is 4.43. The van der Waals surface area contributed by atoms with E-state index in [0.29, 0.717) is 19.8 Å². The molecule has 1 aromatic heterocycles. The summed E-state index contributed by atoms with van der Waals surface area (Å²) < 4.78 is 11.4. The molecule has 1 aliphatic carbocycles. The zero-order valence-electron chi connectivity index (χ0n) is 16.9. The van der Waals surface area contributed by atoms with E-state index in [1.165, 1.54) is 0 Å². The number of rotatable bonds is 6. The van der Waals surface area contributed by atoms with E-state index >= 15 is 0 Å². The van der Waals surface area contributed by atoms with Crippen LogP contribution in [0.4, 0.5) is 5.88 Å². The highest BCUT2D eigenvalue weighted by Gasteiger charge is 2.36. The van der Waals surface area contributed by atoms with Crippen molar-refractivity contribution in [3.05, 3.63) is 71.8 Å². The van der Waals surface area contributed by atoms with Gasteiger partial charge in [0.1, 0.15) is 5.69 Å². The molecular formula is C24H25N3O3. The summed E-state index contributed by atoms with van der Waals surface area (Å²) in [6.45, 7) is 3.32. The highest BCUT2D eigenvalue weighted by Crippen LogP contribution is 2.36. The van der Waals surface area contributed by atoms with Crippen molar-refractivity contribution in [2.75, 3.05) is 31.2 Å². The fourth-order valence-electron chi connectivity index (χ4n) is 3.95. The van der Waals surface area contributed by atoms with Crippen LogP contribution >= 0.6 is 0 Å². The van der Waals surface area contributed by atoms with E-state index in [-0.39, 0.29) is 11.9 Å². The van der Waals surface area contributed by atoms with Crippen molar-refractivity contribution in [2.45, 2.75) is 25.4 Å². The molecule has 1 aliphatic heterocycles. The van der Waals surface area contributed by atoms with Crippen molar-refractivity contribution in [1.29, 1.82) is 0 Å². The minimum absolute atomic E-state index is 0.0613. The average Bonchev–Trinajstić information content (AvgIpc) is 3.58. The van der Waals surface area contributed by atoms with Crippen LogP contribution in [-0.2, 0) is 11.3 Å². The number of ether oxygens (including phenoxy) is 1. The molecule has 30 heavy (non-hydrogen) atoms. The molecule has 154 valence electrons. The molecule has 6 nitrogen and oxygen atoms in total. The number of anilines is 1. The molecule has 2 aliphatic rings. The molecule has 3 aromatic rings. The average molecular weight is 403 g/mol. The molecule has 0 spiro atoms. The van der Waals surface area contributed by atoms with Crippen molar-refractivity contribution in [3.63, 3.8) is 0 Å². The lowest BCUT2D eigenvalue weighted by Gasteiger charge is -2.28. The SMILES string of the molecule is O=C(c1ccccc1)N(Cc1c(-c2ccccc2)noc1N1CCOCC1)C1CC1. The van der Waals surface area contributed by atoms with Gasteiger partial charge in [-0.3, -0.25) is 4.79 Å². The zero-order valence-corrected chi connectivity index (χ0v) is 16.9. The number of benzene rings is 2. The molecular weight excluding hydrogens is 378 g/mol. The number of aromatic nitrogens is 1. The van der Waals surface area contributed by atoms with E-state index in [2.05, 4.69) is 10.1 Å². The molecule has 1 saturated heterocycles. The first-order chi connectivity index (χ1) is 14.8. The Labute approximate surface area is 176 Å². The first-order valence-corrected chi connectivity index (χ1v) is 10.5. The third-order valence-corrected chi connectivity index (χ3v) is 5.71. The molecule has 1 saturated carbocycles. The first kappa shape index (κ1) is 18.9. The minimum atomic E-state index is 0.0613. The summed E-state index contributed by atoms with van der Waals surface area (Å²) in [5.41, 5.74) is 3.50. The van der Waals surface area contributed by atoms with Crippen LogP contribution in [0.5, 0.6) is 0 Å². The molecule has 2 heterocycles. The molecule has 0 radical (unpaired) electrons. The van der Waals surface area contributed by atoms with Gasteiger partial charge in [-0.25, -0.2) is 0 Å². The number of amides is 1. The fraction of sp³-hybridized carbons (Fsp3) is 0.333. The van der Waals surface area contributed by atoms with Crippen LogP contribution in [0.25, 0.3) is 11.3 Å². The van der Waals surface area contributed by atoms with Gasteiger partial charge in [0.15, 0.2) is 0 Å². The van der Waals surface area contributed by atoms with E-state index < -0.39 is 0 Å². The Morgan fingerprint density at radius 2 is 1.67 bits per heavy atom. The van der Waals surface area contributed by atoms with Crippen LogP contribution in [-0.4, -0.2) is 48.3 Å². The largest absolute Gasteiger partial charge is 0.378 e. The van der Waals surface area contributed by atoms with Crippen LogP contribution in [0, 0.1) is 0 Å². The standard InChI is InChI=1S/C24H25N3O3/c28-23(19-9-5-2-6-10-19)27(20-11-12-20)17-21-22(18-7-3-1-4-8-18)25-30-24(21)26-13-15-29-16-14-26/h1-10,20H,11-17H2. The van der Waals surface area contributed by atoms with Crippen LogP contribution < -0.4 is 4.90 Å². The Hall–Kier alpha value is -3.12. The Morgan fingerprint density at radius 3 is 2.33 bits per heavy atom. The quantitative estimate of drug-likeness (QED) is 0.623. The van der Waals surface area contributed by atoms with Crippen LogP contribution in [0.3, 0.4) is 0 Å². The molecule has 0 bridgehead atoms. The second kappa shape index (κ2) is 8.32. The molecule has 1 amide bonds. The molecule has 0 unspecified atom stereocenters. The Kier molecular flexibility index (Phi) is 5.24. The van der Waals surface area contributed by atoms with E-state index in [0.717, 1.165) is 54.2 Å². The van der Waals surface area contributed by atoms with Gasteiger partial charge < -0.3 is 19.1 Å². The predicted molar refractivity (Wildman–Crippen MR) is 114 cm³/mol. The molecule has 6 heteroatoms. The van der Waals surface area contributed by atoms with Gasteiger partial charge in [0.25, 0.3) is 5.91 Å². The van der Waals surface area contributed by atoms with Crippen LogP contribution in [0.2, 0.25) is 0 Å². The maximum Gasteiger partial charge on any atom is 0.254 e. The maximum atomic E-state index is 13.3. The van der Waals surface area contributed by atoms with E-state index in [9.17, 15) is 4.79 Å². The van der Waals surface area contributed by atoms with Gasteiger partial charge in [-0.05, 0) is 25.0 Å². The van der Waals surface area contributed by atoms with Crippen molar-refractivity contribution < 1.29 is 14.1 Å². The van der Waals surface area contributed by atoms with Gasteiger partial charge in [0, 0.05) is 30.3 Å². The van der Waals surface area contributed by atoms with Crippen molar-refractivity contribution in [1.82, 2.24) is 10.1 Å². The minimum Gasteiger partial charge on any atom is -0.378 e. The summed E-state index contributed by atoms with van der Waals surface area (Å²) >= 11 is 0. The molecule has 2 fully saturated rings. The number of hydrogen-bond donors (Lipinski definition) is 0. The number of nitrogens with zero attached hydrogens (tertiary/aromatic N) is 3. The number of carbonyl (C=O) groups excluding carboxylic acids is 1. The smallest absolute Gasteiger partial charge is 0.254 e. The Morgan fingerprint density at radius 1 is 1.00 bits per heavy atom. The molecule has 0 atom stereocenters. The third-order valence-electron chi connectivity index (χ3n) is 5.71. The van der Waals surface area contributed by atoms with Gasteiger partial charge >= 0.3 is 0 Å². The molecule has 5 rings (SSSR count). The van der Waals surface area contributed by atoms with Crippen molar-refractivity contribution in [3.8, 4) is 11.3 Å². The highest BCUT2D eigenvalue weighted by atomic mass is 16.5. The number of hydrogen-bond acceptors (Lipinski definition) is 5. The fourth-order valence-corrected chi connectivity index (χ4v) is 3.95. The van der Waals surface area contributed by atoms with Crippen molar-refractivity contribution in [2.24, 2.45) is 0 Å². The summed E-state index contributed by atoms with van der Waals surface area (Å²) in [4.78, 5) is 17.5. The van der Waals surface area contributed by atoms with Crippen LogP contribution in [0.1, 0.15) is 28.8 Å². The lowest BCUT2D eigenvalue weighted by atomic mass is 10.1. The lowest BCUT2D eigenvalue weighted by Crippen LogP contribution is -2.37. The summed E-state index contributed by atoms with van der Waals surface area (Å²) in [6, 6.07) is 19.8. The Bertz CT molecular complexity index is 993. The maximum absolute atomic E-state index is 13.3. The highest BCUT2D eigenvalue weighted by molar-refractivity contribution is 5.94. The van der Waals surface area contributed by atoms with Gasteiger partial charge in [-0.15, -0.1) is 0 Å². The number of carbonyl (C=O) groups is 1. The lowest BCUT2D eigenvalue weighted by molar-refractivity contribution is 0.0729. The van der Waals surface area contributed by atoms with Crippen molar-refractivity contribution >= 4 is 11.8 Å². The van der Waals surface area contributed by atoms with Gasteiger partial charge in [-0.2, -0.15) is 0 Å². The van der Waals surface area contributed by atoms with Gasteiger partial charge in [0.05, 0.1) is 25.3 Å². The predicted octanol–water partition coefficient (Wildman–Crippen LogP) is 3.98. The second-order valence-electron chi connectivity index (χ2n) is 7.81. The van der Waals surface area contributed by atoms with E-state index in [1.807, 2.05) is 65.6 Å². The van der Waals surface area contributed by atoms with Gasteiger partial charge in [-0.1, -0.05) is 53.7 Å². The van der Waals surface area contributed by atoms with Gasteiger partial charge in [0.2, 0.25) is 5.88 Å². The third kappa shape index (κ3) is 3.83. The summed E-state index contributed by atoms with van der Waals surface area (Å²) in [5.74, 6) is 0.815. The topological polar surface area (TPSA) is 58.8 Å². The Balaban J connectivity index is 1.52. The molecule has 0 N–H and O–H groups in total.